The lowest BCUT2D eigenvalue weighted by molar-refractivity contribution is 0.0746. The number of aromatic nitrogens is 2. The normalized spacial score (nSPS) is 14.4. The Bertz CT molecular complexity index is 1130. The Kier molecular flexibility index (Phi) is 5.05. The summed E-state index contributed by atoms with van der Waals surface area (Å²) in [7, 11) is 0. The first-order chi connectivity index (χ1) is 14.0. The first kappa shape index (κ1) is 19.1. The number of carbonyl (C=O) groups is 1. The molecule has 0 N–H and O–H groups in total. The molecule has 2 heterocycles. The molecule has 0 unspecified atom stereocenters. The van der Waals surface area contributed by atoms with Crippen LogP contribution in [0.4, 0.5) is 10.2 Å². The largest absolute Gasteiger partial charge is 0.348 e. The van der Waals surface area contributed by atoms with Gasteiger partial charge in [-0.2, -0.15) is 0 Å². The average Bonchev–Trinajstić information content (AvgIpc) is 2.75. The van der Waals surface area contributed by atoms with E-state index in [9.17, 15) is 14.0 Å². The van der Waals surface area contributed by atoms with Gasteiger partial charge in [0.05, 0.1) is 11.0 Å². The summed E-state index contributed by atoms with van der Waals surface area (Å²) in [4.78, 5) is 33.9. The van der Waals surface area contributed by atoms with E-state index in [0.29, 0.717) is 49.7 Å². The second-order valence-electron chi connectivity index (χ2n) is 7.22. The SMILES string of the molecule is CCn1c(=O)c(N2CCN(C(=O)c3ccc(C)c(F)c3)CC2)nc2ccccc21. The predicted molar refractivity (Wildman–Crippen MR) is 111 cm³/mol. The molecule has 0 aliphatic carbocycles. The van der Waals surface area contributed by atoms with E-state index in [1.807, 2.05) is 36.1 Å². The van der Waals surface area contributed by atoms with Gasteiger partial charge in [0.25, 0.3) is 11.5 Å². The molecule has 3 aromatic rings. The van der Waals surface area contributed by atoms with Gasteiger partial charge in [0.2, 0.25) is 0 Å². The fourth-order valence-corrected chi connectivity index (χ4v) is 3.73. The van der Waals surface area contributed by atoms with Crippen LogP contribution in [0.2, 0.25) is 0 Å². The number of hydrogen-bond donors (Lipinski definition) is 0. The smallest absolute Gasteiger partial charge is 0.293 e. The van der Waals surface area contributed by atoms with E-state index in [0.717, 1.165) is 11.0 Å². The van der Waals surface area contributed by atoms with Gasteiger partial charge in [0.15, 0.2) is 5.82 Å². The van der Waals surface area contributed by atoms with Gasteiger partial charge in [0, 0.05) is 38.3 Å². The number of halogens is 1. The molecule has 0 atom stereocenters. The van der Waals surface area contributed by atoms with E-state index < -0.39 is 0 Å². The van der Waals surface area contributed by atoms with Crippen molar-refractivity contribution >= 4 is 22.8 Å². The van der Waals surface area contributed by atoms with Gasteiger partial charge in [0.1, 0.15) is 5.82 Å². The highest BCUT2D eigenvalue weighted by molar-refractivity contribution is 5.94. The van der Waals surface area contributed by atoms with Crippen LogP contribution in [-0.4, -0.2) is 46.5 Å². The Morgan fingerprint density at radius 1 is 1.10 bits per heavy atom. The van der Waals surface area contributed by atoms with Gasteiger partial charge < -0.3 is 14.4 Å². The minimum Gasteiger partial charge on any atom is -0.348 e. The topological polar surface area (TPSA) is 58.4 Å². The van der Waals surface area contributed by atoms with Crippen LogP contribution in [0.15, 0.2) is 47.3 Å². The third-order valence-corrected chi connectivity index (χ3v) is 5.44. The summed E-state index contributed by atoms with van der Waals surface area (Å²) in [5.41, 5.74) is 2.34. The maximum atomic E-state index is 13.8. The minimum atomic E-state index is -0.380. The van der Waals surface area contributed by atoms with Crippen molar-refractivity contribution < 1.29 is 9.18 Å². The van der Waals surface area contributed by atoms with E-state index in [-0.39, 0.29) is 17.3 Å². The number of carbonyl (C=O) groups excluding carboxylic acids is 1. The number of benzene rings is 2. The van der Waals surface area contributed by atoms with Gasteiger partial charge in [-0.15, -0.1) is 0 Å². The number of para-hydroxylation sites is 2. The van der Waals surface area contributed by atoms with Crippen molar-refractivity contribution in [1.29, 1.82) is 0 Å². The molecule has 1 aliphatic rings. The van der Waals surface area contributed by atoms with Crippen molar-refractivity contribution in [3.8, 4) is 0 Å². The fraction of sp³-hybridized carbons (Fsp3) is 0.318. The van der Waals surface area contributed by atoms with E-state index in [1.165, 1.54) is 6.07 Å². The van der Waals surface area contributed by atoms with Crippen LogP contribution in [0.5, 0.6) is 0 Å². The minimum absolute atomic E-state index is 0.119. The van der Waals surface area contributed by atoms with Crippen LogP contribution >= 0.6 is 0 Å². The molecule has 6 nitrogen and oxygen atoms in total. The monoisotopic (exact) mass is 394 g/mol. The molecule has 1 aliphatic heterocycles. The summed E-state index contributed by atoms with van der Waals surface area (Å²) < 4.78 is 15.5. The Morgan fingerprint density at radius 3 is 2.52 bits per heavy atom. The molecule has 0 spiro atoms. The van der Waals surface area contributed by atoms with Gasteiger partial charge in [-0.05, 0) is 43.7 Å². The Labute approximate surface area is 168 Å². The zero-order chi connectivity index (χ0) is 20.5. The zero-order valence-electron chi connectivity index (χ0n) is 16.6. The van der Waals surface area contributed by atoms with Gasteiger partial charge in [-0.25, -0.2) is 9.37 Å². The van der Waals surface area contributed by atoms with Crippen molar-refractivity contribution in [1.82, 2.24) is 14.5 Å². The Balaban J connectivity index is 1.55. The van der Waals surface area contributed by atoms with Crippen molar-refractivity contribution in [2.75, 3.05) is 31.1 Å². The highest BCUT2D eigenvalue weighted by Crippen LogP contribution is 2.18. The molecule has 150 valence electrons. The summed E-state index contributed by atoms with van der Waals surface area (Å²) in [6, 6.07) is 12.1. The number of hydrogen-bond acceptors (Lipinski definition) is 4. The molecule has 0 bridgehead atoms. The first-order valence-electron chi connectivity index (χ1n) is 9.79. The maximum absolute atomic E-state index is 13.8. The molecule has 1 amide bonds. The molecule has 1 fully saturated rings. The maximum Gasteiger partial charge on any atom is 0.293 e. The van der Waals surface area contributed by atoms with Crippen LogP contribution in [-0.2, 0) is 6.54 Å². The molecule has 1 saturated heterocycles. The van der Waals surface area contributed by atoms with Gasteiger partial charge in [-0.1, -0.05) is 18.2 Å². The van der Waals surface area contributed by atoms with Crippen LogP contribution < -0.4 is 10.5 Å². The van der Waals surface area contributed by atoms with E-state index >= 15 is 0 Å². The molecule has 2 aromatic carbocycles. The number of anilines is 1. The van der Waals surface area contributed by atoms with Crippen molar-refractivity contribution in [2.45, 2.75) is 20.4 Å². The standard InChI is InChI=1S/C22H23FN4O2/c1-3-27-19-7-5-4-6-18(19)24-20(22(27)29)25-10-12-26(13-11-25)21(28)16-9-8-15(2)17(23)14-16/h4-9,14H,3,10-13H2,1-2H3. The number of fused-ring (bicyclic) bond motifs is 1. The van der Waals surface area contributed by atoms with Gasteiger partial charge >= 0.3 is 0 Å². The van der Waals surface area contributed by atoms with Crippen LogP contribution in [0.3, 0.4) is 0 Å². The number of aryl methyl sites for hydroxylation is 2. The van der Waals surface area contributed by atoms with Gasteiger partial charge in [-0.3, -0.25) is 9.59 Å². The second-order valence-corrected chi connectivity index (χ2v) is 7.22. The molecular formula is C22H23FN4O2. The summed E-state index contributed by atoms with van der Waals surface area (Å²) in [5.74, 6) is -0.157. The molecule has 0 saturated carbocycles. The van der Waals surface area contributed by atoms with E-state index in [1.54, 1.807) is 28.5 Å². The first-order valence-corrected chi connectivity index (χ1v) is 9.79. The molecule has 0 radical (unpaired) electrons. The highest BCUT2D eigenvalue weighted by atomic mass is 19.1. The summed E-state index contributed by atoms with van der Waals surface area (Å²) >= 11 is 0. The van der Waals surface area contributed by atoms with Crippen LogP contribution in [0, 0.1) is 12.7 Å². The quantitative estimate of drug-likeness (QED) is 0.686. The Hall–Kier alpha value is -3.22. The second kappa shape index (κ2) is 7.66. The lowest BCUT2D eigenvalue weighted by Crippen LogP contribution is -2.50. The predicted octanol–water partition coefficient (Wildman–Crippen LogP) is 2.83. The molecular weight excluding hydrogens is 371 g/mol. The van der Waals surface area contributed by atoms with E-state index in [2.05, 4.69) is 4.98 Å². The lowest BCUT2D eigenvalue weighted by atomic mass is 10.1. The lowest BCUT2D eigenvalue weighted by Gasteiger charge is -2.35. The average molecular weight is 394 g/mol. The third-order valence-electron chi connectivity index (χ3n) is 5.44. The summed E-state index contributed by atoms with van der Waals surface area (Å²) in [6.07, 6.45) is 0. The van der Waals surface area contributed by atoms with E-state index in [4.69, 9.17) is 0 Å². The highest BCUT2D eigenvalue weighted by Gasteiger charge is 2.25. The van der Waals surface area contributed by atoms with Crippen molar-refractivity contribution in [3.63, 3.8) is 0 Å². The number of piperazine rings is 1. The fourth-order valence-electron chi connectivity index (χ4n) is 3.73. The zero-order valence-corrected chi connectivity index (χ0v) is 16.6. The number of amides is 1. The summed E-state index contributed by atoms with van der Waals surface area (Å²) in [5, 5.41) is 0. The van der Waals surface area contributed by atoms with Crippen LogP contribution in [0.25, 0.3) is 11.0 Å². The van der Waals surface area contributed by atoms with Crippen molar-refractivity contribution in [2.24, 2.45) is 0 Å². The third kappa shape index (κ3) is 3.48. The molecule has 7 heteroatoms. The Morgan fingerprint density at radius 2 is 1.83 bits per heavy atom. The van der Waals surface area contributed by atoms with Crippen molar-refractivity contribution in [3.05, 3.63) is 69.8 Å². The van der Waals surface area contributed by atoms with Crippen LogP contribution in [0.1, 0.15) is 22.8 Å². The number of nitrogens with zero attached hydrogens (tertiary/aromatic N) is 4. The molecule has 29 heavy (non-hydrogen) atoms. The molecule has 1 aromatic heterocycles. The molecule has 4 rings (SSSR count). The number of rotatable bonds is 3. The summed E-state index contributed by atoms with van der Waals surface area (Å²) in [6.45, 7) is 6.08.